The van der Waals surface area contributed by atoms with Crippen molar-refractivity contribution in [1.29, 1.82) is 0 Å². The largest absolute Gasteiger partial charge is 0.504 e. The Bertz CT molecular complexity index is 3010. The molecule has 0 unspecified atom stereocenters. The highest BCUT2D eigenvalue weighted by molar-refractivity contribution is 8.08. The zero-order chi connectivity index (χ0) is 49.8. The zero-order valence-corrected chi connectivity index (χ0v) is 39.9. The topological polar surface area (TPSA) is 249 Å². The van der Waals surface area contributed by atoms with Crippen LogP contribution in [-0.4, -0.2) is 94.9 Å². The van der Waals surface area contributed by atoms with Gasteiger partial charge in [-0.2, -0.15) is 0 Å². The number of hydrogen-bond acceptors (Lipinski definition) is 14. The van der Waals surface area contributed by atoms with Crippen LogP contribution in [0, 0.1) is 0 Å². The molecule has 5 amide bonds. The fraction of sp³-hybridized carbons (Fsp3) is 0.192. The number of allylic oxidation sites excluding steroid dienone is 2. The molecule has 0 saturated heterocycles. The number of phenolic OH excluding ortho intramolecular Hbond substituents is 1. The lowest BCUT2D eigenvalue weighted by molar-refractivity contribution is -0.111. The lowest BCUT2D eigenvalue weighted by atomic mass is 10.1. The van der Waals surface area contributed by atoms with Gasteiger partial charge in [0.15, 0.2) is 17.3 Å². The summed E-state index contributed by atoms with van der Waals surface area (Å²) in [5.41, 5.74) is 6.47. The smallest absolute Gasteiger partial charge is 0.323 e. The van der Waals surface area contributed by atoms with Crippen LogP contribution in [0.4, 0.5) is 38.0 Å². The number of carbonyl (C=O) groups is 4. The summed E-state index contributed by atoms with van der Waals surface area (Å²) in [6.07, 6.45) is 4.44. The van der Waals surface area contributed by atoms with Crippen LogP contribution in [0.15, 0.2) is 147 Å². The van der Waals surface area contributed by atoms with Gasteiger partial charge < -0.3 is 52.4 Å². The molecule has 72 heavy (non-hydrogen) atoms. The number of para-hydroxylation sites is 1. The van der Waals surface area contributed by atoms with Gasteiger partial charge in [0.25, 0.3) is 5.91 Å². The van der Waals surface area contributed by atoms with E-state index in [-0.39, 0.29) is 47.4 Å². The van der Waals surface area contributed by atoms with E-state index in [1.807, 2.05) is 61.5 Å². The van der Waals surface area contributed by atoms with Crippen LogP contribution in [0.5, 0.6) is 11.5 Å². The molecule has 3 aliphatic heterocycles. The van der Waals surface area contributed by atoms with Crippen LogP contribution in [-0.2, 0) is 17.8 Å². The minimum Gasteiger partial charge on any atom is -0.504 e. The van der Waals surface area contributed by atoms with Gasteiger partial charge in [-0.15, -0.1) is 5.10 Å². The van der Waals surface area contributed by atoms with Gasteiger partial charge in [-0.05, 0) is 109 Å². The van der Waals surface area contributed by atoms with Crippen molar-refractivity contribution in [2.24, 2.45) is 9.98 Å². The first-order valence-electron chi connectivity index (χ1n) is 23.3. The molecule has 0 aliphatic carbocycles. The monoisotopic (exact) mass is 985 g/mol. The van der Waals surface area contributed by atoms with Crippen molar-refractivity contribution in [1.82, 2.24) is 30.9 Å². The number of nitrogens with one attached hydrogen (secondary N) is 8. The Morgan fingerprint density at radius 3 is 1.97 bits per heavy atom. The first kappa shape index (κ1) is 48.1. The Morgan fingerprint density at radius 1 is 0.764 bits per heavy atom. The second kappa shape index (κ2) is 22.7. The van der Waals surface area contributed by atoms with Gasteiger partial charge >= 0.3 is 12.1 Å². The molecule has 6 aromatic rings. The molecule has 0 radical (unpaired) electrons. The van der Waals surface area contributed by atoms with Crippen LogP contribution in [0.3, 0.4) is 0 Å². The molecule has 9 rings (SSSR count). The van der Waals surface area contributed by atoms with Gasteiger partial charge in [-0.25, -0.2) is 14.3 Å². The fourth-order valence-corrected chi connectivity index (χ4v) is 9.01. The number of Topliss-reactive ketones (excluding diaryl/α,β-unsaturated/α-hetero) is 1. The average Bonchev–Trinajstić information content (AvgIpc) is 4.23. The summed E-state index contributed by atoms with van der Waals surface area (Å²) in [4.78, 5) is 62.6. The Hall–Kier alpha value is -8.91. The predicted octanol–water partition coefficient (Wildman–Crippen LogP) is 7.41. The van der Waals surface area contributed by atoms with Gasteiger partial charge in [0, 0.05) is 83.0 Å². The molecule has 19 nitrogen and oxygen atoms in total. The van der Waals surface area contributed by atoms with Gasteiger partial charge in [-0.1, -0.05) is 48.2 Å². The number of benzene rings is 5. The van der Waals surface area contributed by atoms with E-state index in [1.165, 1.54) is 23.9 Å². The first-order valence-corrected chi connectivity index (χ1v) is 24.1. The summed E-state index contributed by atoms with van der Waals surface area (Å²) in [7, 11) is 0. The highest BCUT2D eigenvalue weighted by Crippen LogP contribution is 2.41. The van der Waals surface area contributed by atoms with Gasteiger partial charge in [-0.3, -0.25) is 19.6 Å². The lowest BCUT2D eigenvalue weighted by Crippen LogP contribution is -2.27. The van der Waals surface area contributed by atoms with Crippen LogP contribution in [0.2, 0.25) is 0 Å². The molecular weight excluding hydrogens is 935 g/mol. The molecule has 3 aliphatic rings. The third-order valence-corrected chi connectivity index (χ3v) is 12.4. The highest BCUT2D eigenvalue weighted by atomic mass is 32.2. The van der Waals surface area contributed by atoms with Crippen molar-refractivity contribution in [2.45, 2.75) is 26.3 Å². The Labute approximate surface area is 418 Å². The number of hydrogen-bond donors (Lipinski definition) is 9. The summed E-state index contributed by atoms with van der Waals surface area (Å²) in [5, 5.41) is 43.9. The number of anilines is 5. The molecule has 0 bridgehead atoms. The summed E-state index contributed by atoms with van der Waals surface area (Å²) in [6, 6.07) is 32.6. The Morgan fingerprint density at radius 2 is 1.39 bits per heavy atom. The maximum atomic E-state index is 13.6. The molecule has 0 spiro atoms. The molecule has 0 fully saturated rings. The van der Waals surface area contributed by atoms with E-state index in [0.717, 1.165) is 46.6 Å². The van der Waals surface area contributed by atoms with Crippen LogP contribution in [0.1, 0.15) is 46.1 Å². The van der Waals surface area contributed by atoms with Crippen molar-refractivity contribution in [3.05, 3.63) is 165 Å². The van der Waals surface area contributed by atoms with E-state index in [4.69, 9.17) is 4.74 Å². The number of thioether (sulfide) groups is 1. The SMILES string of the molecule is CCC1=C(Nc2ccccc2)S/C(=C\c2ccc(OCCn3cc(CCNC(=O)c4cc(NC(=O)Nc5ccc(C6=NCCN6)cc5)cc(NC(=O)Nc5ccc(C6=NCCN6)cc5)c4)nn3)c(O)c2)C1=O. The number of phenols is 1. The molecule has 20 heteroatoms. The van der Waals surface area contributed by atoms with Gasteiger partial charge in [0.05, 0.1) is 35.3 Å². The second-order valence-corrected chi connectivity index (χ2v) is 17.6. The molecule has 9 N–H and O–H groups in total. The standard InChI is InChI=1S/C52H51N13O6S/c1-2-42-46(67)45(72-50(42)58-36-6-4-3-5-7-36)27-32-8-17-44(43(66)26-32)71-25-24-65-31-39(63-64-65)18-19-57-49(68)35-28-40(61-51(69)59-37-13-9-33(10-14-37)47-53-20-21-54-47)30-41(29-35)62-52(70)60-38-15-11-34(12-16-38)48-55-22-23-56-48/h3-17,26-31,58,66H,2,18-25H2,1H3,(H,53,54)(H,55,56)(H,57,68)(H2,59,61,69)(H2,60,62,70)/b45-27-. The number of amides is 5. The van der Waals surface area contributed by atoms with Crippen LogP contribution < -0.4 is 47.3 Å². The van der Waals surface area contributed by atoms with E-state index in [0.29, 0.717) is 65.6 Å². The number of aliphatic imine (C=N–C) groups is 2. The number of nitrogens with zero attached hydrogens (tertiary/aromatic N) is 5. The molecule has 0 atom stereocenters. The number of ketones is 1. The van der Waals surface area contributed by atoms with Crippen molar-refractivity contribution in [3.8, 4) is 11.5 Å². The quantitative estimate of drug-likeness (QED) is 0.0382. The lowest BCUT2D eigenvalue weighted by Gasteiger charge is -2.14. The first-order chi connectivity index (χ1) is 35.1. The second-order valence-electron chi connectivity index (χ2n) is 16.6. The number of ether oxygens (including phenoxy) is 1. The highest BCUT2D eigenvalue weighted by Gasteiger charge is 2.28. The van der Waals surface area contributed by atoms with Crippen molar-refractivity contribution in [2.75, 3.05) is 65.9 Å². The van der Waals surface area contributed by atoms with Gasteiger partial charge in [0.2, 0.25) is 0 Å². The third kappa shape index (κ3) is 12.5. The van der Waals surface area contributed by atoms with E-state index in [1.54, 1.807) is 65.5 Å². The molecule has 4 heterocycles. The maximum Gasteiger partial charge on any atom is 0.323 e. The summed E-state index contributed by atoms with van der Waals surface area (Å²) >= 11 is 1.37. The minimum atomic E-state index is -0.558. The summed E-state index contributed by atoms with van der Waals surface area (Å²) in [5.74, 6) is 1.32. The van der Waals surface area contributed by atoms with Gasteiger partial charge in [0.1, 0.15) is 18.3 Å². The van der Waals surface area contributed by atoms with Crippen LogP contribution in [0.25, 0.3) is 6.08 Å². The summed E-state index contributed by atoms with van der Waals surface area (Å²) < 4.78 is 7.47. The molecule has 5 aromatic carbocycles. The minimum absolute atomic E-state index is 0.0418. The van der Waals surface area contributed by atoms with Crippen molar-refractivity contribution in [3.63, 3.8) is 0 Å². The van der Waals surface area contributed by atoms with E-state index in [2.05, 4.69) is 62.8 Å². The Balaban J connectivity index is 0.778. The molecule has 366 valence electrons. The van der Waals surface area contributed by atoms with E-state index >= 15 is 0 Å². The zero-order valence-electron chi connectivity index (χ0n) is 39.1. The molecular formula is C52H51N13O6S. The number of carbonyl (C=O) groups excluding carboxylic acids is 4. The average molecular weight is 986 g/mol. The predicted molar refractivity (Wildman–Crippen MR) is 281 cm³/mol. The Kier molecular flexibility index (Phi) is 15.2. The van der Waals surface area contributed by atoms with Crippen LogP contribution >= 0.6 is 11.8 Å². The number of aromatic nitrogens is 3. The molecule has 1 aromatic heterocycles. The van der Waals surface area contributed by atoms with E-state index in [9.17, 15) is 24.3 Å². The van der Waals surface area contributed by atoms with E-state index < -0.39 is 18.0 Å². The number of amidine groups is 2. The van der Waals surface area contributed by atoms with Crippen molar-refractivity contribution < 1.29 is 29.0 Å². The number of aromatic hydroxyl groups is 1. The summed E-state index contributed by atoms with van der Waals surface area (Å²) in [6.45, 7) is 5.63. The molecule has 0 saturated carbocycles. The number of urea groups is 2. The van der Waals surface area contributed by atoms with Crippen molar-refractivity contribution >= 4 is 81.7 Å². The maximum absolute atomic E-state index is 13.6. The fourth-order valence-electron chi connectivity index (χ4n) is 7.85. The normalized spacial score (nSPS) is 14.5. The number of rotatable bonds is 18. The third-order valence-electron chi connectivity index (χ3n) is 11.4.